The van der Waals surface area contributed by atoms with E-state index in [0.717, 1.165) is 9.99 Å². The Balaban J connectivity index is 1.59. The number of anilines is 1. The summed E-state index contributed by atoms with van der Waals surface area (Å²) in [6.07, 6.45) is 0. The first-order valence-corrected chi connectivity index (χ1v) is 9.08. The number of nitrogens with zero attached hydrogens (tertiary/aromatic N) is 4. The van der Waals surface area contributed by atoms with E-state index in [1.165, 1.54) is 4.90 Å². The van der Waals surface area contributed by atoms with Crippen LogP contribution in [0.15, 0.2) is 46.9 Å². The van der Waals surface area contributed by atoms with Gasteiger partial charge in [0.1, 0.15) is 5.52 Å². The first-order valence-electron chi connectivity index (χ1n) is 8.29. The molecule has 3 amide bonds. The van der Waals surface area contributed by atoms with Crippen molar-refractivity contribution in [2.45, 2.75) is 6.54 Å². The summed E-state index contributed by atoms with van der Waals surface area (Å²) in [4.78, 5) is 25.5. The van der Waals surface area contributed by atoms with E-state index < -0.39 is 0 Å². The van der Waals surface area contributed by atoms with Gasteiger partial charge in [-0.2, -0.15) is 0 Å². The minimum Gasteiger partial charge on any atom is -0.345 e. The number of fused-ring (bicyclic) bond motifs is 1. The molecule has 0 aliphatic carbocycles. The van der Waals surface area contributed by atoms with E-state index >= 15 is 0 Å². The summed E-state index contributed by atoms with van der Waals surface area (Å²) in [5.74, 6) is -0.0858. The van der Waals surface area contributed by atoms with Gasteiger partial charge in [-0.3, -0.25) is 4.79 Å². The van der Waals surface area contributed by atoms with Crippen molar-refractivity contribution in [1.29, 1.82) is 0 Å². The number of hydrogen-bond acceptors (Lipinski definition) is 4. The zero-order chi connectivity index (χ0) is 19.4. The van der Waals surface area contributed by atoms with Crippen molar-refractivity contribution in [2.24, 2.45) is 0 Å². The zero-order valence-corrected chi connectivity index (χ0v) is 16.5. The number of rotatable bonds is 5. The fraction of sp³-hybridized carbons (Fsp3) is 0.222. The van der Waals surface area contributed by atoms with Gasteiger partial charge in [-0.1, -0.05) is 27.2 Å². The molecule has 1 heterocycles. The van der Waals surface area contributed by atoms with Crippen LogP contribution in [0.25, 0.3) is 11.0 Å². The first-order chi connectivity index (χ1) is 12.9. The van der Waals surface area contributed by atoms with Gasteiger partial charge in [0.05, 0.1) is 12.1 Å². The van der Waals surface area contributed by atoms with Crippen LogP contribution in [0, 0.1) is 0 Å². The second-order valence-electron chi connectivity index (χ2n) is 6.11. The smallest absolute Gasteiger partial charge is 0.319 e. The van der Waals surface area contributed by atoms with E-state index in [4.69, 9.17) is 0 Å². The van der Waals surface area contributed by atoms with Crippen LogP contribution in [0.1, 0.15) is 10.4 Å². The Morgan fingerprint density at radius 2 is 2.00 bits per heavy atom. The Morgan fingerprint density at radius 3 is 2.74 bits per heavy atom. The van der Waals surface area contributed by atoms with Crippen molar-refractivity contribution < 1.29 is 9.59 Å². The summed E-state index contributed by atoms with van der Waals surface area (Å²) in [5.41, 5.74) is 2.71. The number of aromatic nitrogens is 3. The number of amides is 3. The highest BCUT2D eigenvalue weighted by atomic mass is 79.9. The fourth-order valence-electron chi connectivity index (χ4n) is 2.55. The molecule has 3 aromatic rings. The predicted octanol–water partition coefficient (Wildman–Crippen LogP) is 2.72. The van der Waals surface area contributed by atoms with Crippen LogP contribution < -0.4 is 10.6 Å². The van der Waals surface area contributed by atoms with Crippen molar-refractivity contribution >= 4 is 44.6 Å². The lowest BCUT2D eigenvalue weighted by atomic mass is 10.2. The van der Waals surface area contributed by atoms with Gasteiger partial charge in [0.15, 0.2) is 0 Å². The van der Waals surface area contributed by atoms with Crippen LogP contribution in [0.3, 0.4) is 0 Å². The van der Waals surface area contributed by atoms with E-state index in [1.54, 1.807) is 30.9 Å². The third-order valence-corrected chi connectivity index (χ3v) is 4.35. The van der Waals surface area contributed by atoms with Gasteiger partial charge in [0, 0.05) is 36.4 Å². The van der Waals surface area contributed by atoms with Crippen molar-refractivity contribution in [2.75, 3.05) is 26.0 Å². The zero-order valence-electron chi connectivity index (χ0n) is 14.9. The number of benzene rings is 2. The van der Waals surface area contributed by atoms with Crippen LogP contribution in [0.5, 0.6) is 0 Å². The van der Waals surface area contributed by atoms with Gasteiger partial charge in [0.2, 0.25) is 0 Å². The Kier molecular flexibility index (Phi) is 5.70. The number of carbonyl (C=O) groups is 2. The number of nitrogens with one attached hydrogen (secondary N) is 2. The molecular weight excluding hydrogens is 412 g/mol. The van der Waals surface area contributed by atoms with Gasteiger partial charge >= 0.3 is 6.03 Å². The number of urea groups is 1. The molecule has 3 rings (SSSR count). The van der Waals surface area contributed by atoms with Crippen molar-refractivity contribution in [3.63, 3.8) is 0 Å². The highest BCUT2D eigenvalue weighted by Gasteiger charge is 2.12. The largest absolute Gasteiger partial charge is 0.345 e. The molecule has 9 heteroatoms. The second kappa shape index (κ2) is 8.17. The molecule has 140 valence electrons. The van der Waals surface area contributed by atoms with E-state index in [9.17, 15) is 9.59 Å². The summed E-state index contributed by atoms with van der Waals surface area (Å²) in [5, 5.41) is 13.7. The van der Waals surface area contributed by atoms with Crippen LogP contribution >= 0.6 is 15.9 Å². The fourth-order valence-corrected chi connectivity index (χ4v) is 2.94. The SMILES string of the molecule is CN(C)C(=O)c1ccc2c(c1)nnn2CCNC(=O)Nc1cccc(Br)c1. The molecule has 0 bridgehead atoms. The molecule has 0 unspecified atom stereocenters. The maximum Gasteiger partial charge on any atom is 0.319 e. The van der Waals surface area contributed by atoms with Gasteiger partial charge in [-0.25, -0.2) is 9.48 Å². The van der Waals surface area contributed by atoms with Crippen LogP contribution in [0.4, 0.5) is 10.5 Å². The monoisotopic (exact) mass is 430 g/mol. The van der Waals surface area contributed by atoms with Crippen molar-refractivity contribution in [3.05, 3.63) is 52.5 Å². The molecule has 2 aromatic carbocycles. The molecule has 0 radical (unpaired) electrons. The van der Waals surface area contributed by atoms with Crippen LogP contribution in [-0.2, 0) is 6.54 Å². The number of halogens is 1. The standard InChI is InChI=1S/C18H19BrN6O2/c1-24(2)17(26)12-6-7-16-15(10-12)22-23-25(16)9-8-20-18(27)21-14-5-3-4-13(19)11-14/h3-7,10-11H,8-9H2,1-2H3,(H2,20,21,27). The Hall–Kier alpha value is -2.94. The predicted molar refractivity (Wildman–Crippen MR) is 107 cm³/mol. The Morgan fingerprint density at radius 1 is 1.19 bits per heavy atom. The van der Waals surface area contributed by atoms with Crippen LogP contribution in [-0.4, -0.2) is 52.5 Å². The summed E-state index contributed by atoms with van der Waals surface area (Å²) in [6.45, 7) is 0.847. The molecule has 2 N–H and O–H groups in total. The third-order valence-electron chi connectivity index (χ3n) is 3.86. The van der Waals surface area contributed by atoms with Gasteiger partial charge in [-0.15, -0.1) is 5.10 Å². The summed E-state index contributed by atoms with van der Waals surface area (Å²) >= 11 is 3.36. The Labute approximate surface area is 164 Å². The second-order valence-corrected chi connectivity index (χ2v) is 7.02. The topological polar surface area (TPSA) is 92.2 Å². The maximum atomic E-state index is 12.0. The average molecular weight is 431 g/mol. The van der Waals surface area contributed by atoms with E-state index in [0.29, 0.717) is 29.9 Å². The summed E-state index contributed by atoms with van der Waals surface area (Å²) in [6, 6.07) is 12.3. The van der Waals surface area contributed by atoms with Gasteiger partial charge < -0.3 is 15.5 Å². The maximum absolute atomic E-state index is 12.0. The van der Waals surface area contributed by atoms with Crippen molar-refractivity contribution in [3.8, 4) is 0 Å². The van der Waals surface area contributed by atoms with Gasteiger partial charge in [-0.05, 0) is 36.4 Å². The molecular formula is C18H19BrN6O2. The minimum atomic E-state index is -0.295. The van der Waals surface area contributed by atoms with E-state index in [1.807, 2.05) is 30.3 Å². The highest BCUT2D eigenvalue weighted by Crippen LogP contribution is 2.16. The molecule has 1 aromatic heterocycles. The molecule has 0 atom stereocenters. The molecule has 0 fully saturated rings. The molecule has 0 saturated carbocycles. The lowest BCUT2D eigenvalue weighted by Crippen LogP contribution is -2.31. The quantitative estimate of drug-likeness (QED) is 0.650. The first kappa shape index (κ1) is 18.8. The highest BCUT2D eigenvalue weighted by molar-refractivity contribution is 9.10. The van der Waals surface area contributed by atoms with E-state index in [2.05, 4.69) is 36.9 Å². The lowest BCUT2D eigenvalue weighted by molar-refractivity contribution is 0.0827. The lowest BCUT2D eigenvalue weighted by Gasteiger charge is -2.10. The summed E-state index contributed by atoms with van der Waals surface area (Å²) < 4.78 is 2.58. The van der Waals surface area contributed by atoms with Gasteiger partial charge in [0.25, 0.3) is 5.91 Å². The molecule has 0 spiro atoms. The molecule has 0 saturated heterocycles. The molecule has 0 aliphatic rings. The van der Waals surface area contributed by atoms with Crippen molar-refractivity contribution in [1.82, 2.24) is 25.2 Å². The minimum absolute atomic E-state index is 0.0858. The van der Waals surface area contributed by atoms with Crippen LogP contribution in [0.2, 0.25) is 0 Å². The average Bonchev–Trinajstić information content (AvgIpc) is 3.03. The van der Waals surface area contributed by atoms with E-state index in [-0.39, 0.29) is 11.9 Å². The molecule has 0 aliphatic heterocycles. The number of carbonyl (C=O) groups excluding carboxylic acids is 2. The third kappa shape index (κ3) is 4.62. The summed E-state index contributed by atoms with van der Waals surface area (Å²) in [7, 11) is 3.41. The molecule has 8 nitrogen and oxygen atoms in total. The molecule has 27 heavy (non-hydrogen) atoms. The normalized spacial score (nSPS) is 10.6. The Bertz CT molecular complexity index is 985. The number of hydrogen-bond donors (Lipinski definition) is 2.